The zero-order valence-corrected chi connectivity index (χ0v) is 14.0. The summed E-state index contributed by atoms with van der Waals surface area (Å²) in [4.78, 5) is 20.5. The molecule has 1 heterocycles. The number of hydrogen-bond donors (Lipinski definition) is 2. The van der Waals surface area contributed by atoms with Crippen molar-refractivity contribution in [2.45, 2.75) is 26.8 Å². The maximum atomic E-state index is 12.1. The van der Waals surface area contributed by atoms with E-state index >= 15 is 0 Å². The Labute approximate surface area is 139 Å². The number of carbonyl (C=O) groups is 1. The highest BCUT2D eigenvalue weighted by Gasteiger charge is 2.12. The van der Waals surface area contributed by atoms with Gasteiger partial charge in [0.15, 0.2) is 0 Å². The van der Waals surface area contributed by atoms with Crippen LogP contribution in [0.4, 0.5) is 11.5 Å². The molecule has 2 N–H and O–H groups in total. The molecule has 0 aliphatic carbocycles. The highest BCUT2D eigenvalue weighted by molar-refractivity contribution is 6.35. The molecular formula is C15H16Cl2N4O. The minimum Gasteiger partial charge on any atom is -0.349 e. The average molecular weight is 339 g/mol. The monoisotopic (exact) mass is 338 g/mol. The quantitative estimate of drug-likeness (QED) is 0.884. The lowest BCUT2D eigenvalue weighted by atomic mass is 10.3. The average Bonchev–Trinajstić information content (AvgIpc) is 2.41. The van der Waals surface area contributed by atoms with Crippen molar-refractivity contribution in [2.24, 2.45) is 0 Å². The Hall–Kier alpha value is -1.85. The Kier molecular flexibility index (Phi) is 5.21. The second kappa shape index (κ2) is 6.94. The van der Waals surface area contributed by atoms with Crippen LogP contribution < -0.4 is 10.6 Å². The molecule has 0 atom stereocenters. The van der Waals surface area contributed by atoms with Crippen molar-refractivity contribution in [2.75, 3.05) is 5.32 Å². The normalized spacial score (nSPS) is 10.6. The third kappa shape index (κ3) is 4.32. The van der Waals surface area contributed by atoms with Crippen LogP contribution in [0.5, 0.6) is 0 Å². The maximum Gasteiger partial charge on any atom is 0.270 e. The molecule has 0 radical (unpaired) electrons. The molecule has 5 nitrogen and oxygen atoms in total. The fourth-order valence-corrected chi connectivity index (χ4v) is 2.15. The highest BCUT2D eigenvalue weighted by atomic mass is 35.5. The fraction of sp³-hybridized carbons (Fsp3) is 0.267. The van der Waals surface area contributed by atoms with Gasteiger partial charge in [-0.05, 0) is 39.0 Å². The van der Waals surface area contributed by atoms with E-state index in [4.69, 9.17) is 23.2 Å². The van der Waals surface area contributed by atoms with E-state index < -0.39 is 0 Å². The van der Waals surface area contributed by atoms with Crippen molar-refractivity contribution in [1.29, 1.82) is 0 Å². The van der Waals surface area contributed by atoms with E-state index in [-0.39, 0.29) is 11.9 Å². The summed E-state index contributed by atoms with van der Waals surface area (Å²) in [5, 5.41) is 6.91. The first-order valence-corrected chi connectivity index (χ1v) is 7.49. The second-order valence-corrected chi connectivity index (χ2v) is 5.91. The lowest BCUT2D eigenvalue weighted by Gasteiger charge is -2.11. The van der Waals surface area contributed by atoms with Crippen molar-refractivity contribution in [3.8, 4) is 0 Å². The Morgan fingerprint density at radius 2 is 1.91 bits per heavy atom. The summed E-state index contributed by atoms with van der Waals surface area (Å²) in [6, 6.07) is 6.67. The predicted molar refractivity (Wildman–Crippen MR) is 89.1 cm³/mol. The minimum atomic E-state index is -0.249. The molecular weight excluding hydrogens is 323 g/mol. The number of hydrogen-bond acceptors (Lipinski definition) is 4. The van der Waals surface area contributed by atoms with Gasteiger partial charge in [0.1, 0.15) is 17.3 Å². The number of rotatable bonds is 4. The van der Waals surface area contributed by atoms with Crippen LogP contribution in [0.3, 0.4) is 0 Å². The van der Waals surface area contributed by atoms with Gasteiger partial charge in [-0.15, -0.1) is 0 Å². The van der Waals surface area contributed by atoms with Crippen molar-refractivity contribution >= 4 is 40.6 Å². The van der Waals surface area contributed by atoms with Crippen molar-refractivity contribution in [1.82, 2.24) is 15.3 Å². The molecule has 116 valence electrons. The third-order valence-corrected chi connectivity index (χ3v) is 3.25. The predicted octanol–water partition coefficient (Wildman–Crippen LogP) is 3.97. The summed E-state index contributed by atoms with van der Waals surface area (Å²) in [5.41, 5.74) is 0.907. The van der Waals surface area contributed by atoms with Gasteiger partial charge in [-0.3, -0.25) is 4.79 Å². The number of carbonyl (C=O) groups excluding carboxylic acids is 1. The van der Waals surface area contributed by atoms with Gasteiger partial charge in [0.05, 0.1) is 10.7 Å². The Balaban J connectivity index is 2.30. The summed E-state index contributed by atoms with van der Waals surface area (Å²) in [6.45, 7) is 5.49. The first-order valence-electron chi connectivity index (χ1n) is 6.74. The number of halogens is 2. The van der Waals surface area contributed by atoms with E-state index in [1.54, 1.807) is 31.2 Å². The van der Waals surface area contributed by atoms with Crippen LogP contribution >= 0.6 is 23.2 Å². The molecule has 0 spiro atoms. The van der Waals surface area contributed by atoms with Crippen LogP contribution in [-0.2, 0) is 0 Å². The smallest absolute Gasteiger partial charge is 0.270 e. The highest BCUT2D eigenvalue weighted by Crippen LogP contribution is 2.28. The lowest BCUT2D eigenvalue weighted by Crippen LogP contribution is -2.31. The molecule has 0 bridgehead atoms. The molecule has 1 aromatic carbocycles. The van der Waals surface area contributed by atoms with Crippen molar-refractivity contribution in [3.63, 3.8) is 0 Å². The summed E-state index contributed by atoms with van der Waals surface area (Å²) in [5.74, 6) is 0.711. The SMILES string of the molecule is Cc1nc(Nc2cc(Cl)ccc2Cl)cc(C(=O)NC(C)C)n1. The topological polar surface area (TPSA) is 66.9 Å². The van der Waals surface area contributed by atoms with Crippen LogP contribution in [0.15, 0.2) is 24.3 Å². The molecule has 0 aliphatic heterocycles. The Morgan fingerprint density at radius 3 is 2.59 bits per heavy atom. The van der Waals surface area contributed by atoms with Gasteiger partial charge in [-0.2, -0.15) is 0 Å². The van der Waals surface area contributed by atoms with Crippen molar-refractivity contribution in [3.05, 3.63) is 45.8 Å². The van der Waals surface area contributed by atoms with Gasteiger partial charge in [-0.1, -0.05) is 23.2 Å². The zero-order valence-electron chi connectivity index (χ0n) is 12.4. The number of benzene rings is 1. The molecule has 1 aromatic heterocycles. The van der Waals surface area contributed by atoms with Gasteiger partial charge in [0, 0.05) is 17.1 Å². The zero-order chi connectivity index (χ0) is 16.3. The maximum absolute atomic E-state index is 12.1. The van der Waals surface area contributed by atoms with E-state index in [1.165, 1.54) is 0 Å². The van der Waals surface area contributed by atoms with E-state index in [0.29, 0.717) is 33.1 Å². The number of aromatic nitrogens is 2. The number of nitrogens with zero attached hydrogens (tertiary/aromatic N) is 2. The third-order valence-electron chi connectivity index (χ3n) is 2.68. The summed E-state index contributed by atoms with van der Waals surface area (Å²) in [7, 11) is 0. The molecule has 0 unspecified atom stereocenters. The Bertz CT molecular complexity index is 704. The van der Waals surface area contributed by atoms with Crippen molar-refractivity contribution < 1.29 is 4.79 Å². The largest absolute Gasteiger partial charge is 0.349 e. The Morgan fingerprint density at radius 1 is 1.18 bits per heavy atom. The molecule has 0 fully saturated rings. The van der Waals surface area contributed by atoms with Gasteiger partial charge in [0.2, 0.25) is 0 Å². The minimum absolute atomic E-state index is 0.0292. The standard InChI is InChI=1S/C15H16Cl2N4O/c1-8(2)18-15(22)13-7-14(20-9(3)19-13)21-12-6-10(16)4-5-11(12)17/h4-8H,1-3H3,(H,18,22)(H,19,20,21). The first kappa shape index (κ1) is 16.5. The lowest BCUT2D eigenvalue weighted by molar-refractivity contribution is 0.0937. The van der Waals surface area contributed by atoms with Crippen LogP contribution in [0.25, 0.3) is 0 Å². The van der Waals surface area contributed by atoms with Gasteiger partial charge < -0.3 is 10.6 Å². The van der Waals surface area contributed by atoms with Crippen LogP contribution in [-0.4, -0.2) is 21.9 Å². The van der Waals surface area contributed by atoms with Gasteiger partial charge >= 0.3 is 0 Å². The summed E-state index contributed by atoms with van der Waals surface area (Å²) < 4.78 is 0. The summed E-state index contributed by atoms with van der Waals surface area (Å²) in [6.07, 6.45) is 0. The van der Waals surface area contributed by atoms with Crippen LogP contribution in [0, 0.1) is 6.92 Å². The van der Waals surface area contributed by atoms with E-state index in [9.17, 15) is 4.79 Å². The van der Waals surface area contributed by atoms with E-state index in [2.05, 4.69) is 20.6 Å². The molecule has 0 saturated carbocycles. The molecule has 0 aliphatic rings. The second-order valence-electron chi connectivity index (χ2n) is 5.06. The molecule has 2 aromatic rings. The van der Waals surface area contributed by atoms with E-state index in [1.807, 2.05) is 13.8 Å². The van der Waals surface area contributed by atoms with Crippen LogP contribution in [0.1, 0.15) is 30.2 Å². The van der Waals surface area contributed by atoms with Gasteiger partial charge in [0.25, 0.3) is 5.91 Å². The number of aryl methyl sites for hydroxylation is 1. The van der Waals surface area contributed by atoms with E-state index in [0.717, 1.165) is 0 Å². The number of amides is 1. The molecule has 2 rings (SSSR count). The number of nitrogens with one attached hydrogen (secondary N) is 2. The first-order chi connectivity index (χ1) is 10.3. The fourth-order valence-electron chi connectivity index (χ4n) is 1.82. The van der Waals surface area contributed by atoms with Gasteiger partial charge in [-0.25, -0.2) is 9.97 Å². The molecule has 0 saturated heterocycles. The molecule has 7 heteroatoms. The van der Waals surface area contributed by atoms with Crippen LogP contribution in [0.2, 0.25) is 10.0 Å². The molecule has 22 heavy (non-hydrogen) atoms. The summed E-state index contributed by atoms with van der Waals surface area (Å²) >= 11 is 12.1. The number of anilines is 2. The molecule has 1 amide bonds.